The van der Waals surface area contributed by atoms with Crippen molar-refractivity contribution in [2.45, 2.75) is 46.1 Å². The fourth-order valence-electron chi connectivity index (χ4n) is 4.39. The minimum absolute atomic E-state index is 0.0954. The van der Waals surface area contributed by atoms with E-state index in [-0.39, 0.29) is 5.91 Å². The summed E-state index contributed by atoms with van der Waals surface area (Å²) >= 11 is 1.78. The second kappa shape index (κ2) is 8.02. The molecular weight excluding hydrogens is 366 g/mol. The van der Waals surface area contributed by atoms with Crippen LogP contribution in [0.25, 0.3) is 10.2 Å². The van der Waals surface area contributed by atoms with E-state index in [0.29, 0.717) is 12.6 Å². The number of para-hydroxylation sites is 1. The van der Waals surface area contributed by atoms with Gasteiger partial charge in [-0.15, -0.1) is 11.3 Å². The van der Waals surface area contributed by atoms with Crippen molar-refractivity contribution in [3.8, 4) is 0 Å². The lowest BCUT2D eigenvalue weighted by molar-refractivity contribution is -0.929. The van der Waals surface area contributed by atoms with Crippen molar-refractivity contribution < 1.29 is 9.69 Å². The van der Waals surface area contributed by atoms with Crippen molar-refractivity contribution >= 4 is 33.1 Å². The van der Waals surface area contributed by atoms with Crippen LogP contribution in [-0.4, -0.2) is 24.0 Å². The predicted molar refractivity (Wildman–Crippen MR) is 116 cm³/mol. The summed E-state index contributed by atoms with van der Waals surface area (Å²) < 4.78 is 1.23. The molecule has 28 heavy (non-hydrogen) atoms. The van der Waals surface area contributed by atoms with Gasteiger partial charge in [-0.25, -0.2) is 4.98 Å². The van der Waals surface area contributed by atoms with E-state index in [0.717, 1.165) is 35.3 Å². The van der Waals surface area contributed by atoms with Gasteiger partial charge in [-0.1, -0.05) is 29.8 Å². The number of amides is 1. The summed E-state index contributed by atoms with van der Waals surface area (Å²) in [6.07, 6.45) is 3.49. The molecule has 0 bridgehead atoms. The molecule has 1 saturated heterocycles. The summed E-state index contributed by atoms with van der Waals surface area (Å²) in [6, 6.07) is 12.9. The summed E-state index contributed by atoms with van der Waals surface area (Å²) in [4.78, 5) is 19.1. The third-order valence-electron chi connectivity index (χ3n) is 5.67. The first-order chi connectivity index (χ1) is 13.5. The molecule has 2 aromatic carbocycles. The Bertz CT molecular complexity index is 954. The summed E-state index contributed by atoms with van der Waals surface area (Å²) in [7, 11) is 0. The van der Waals surface area contributed by atoms with Crippen LogP contribution < -0.4 is 10.2 Å². The van der Waals surface area contributed by atoms with Gasteiger partial charge in [0.05, 0.1) is 16.8 Å². The van der Waals surface area contributed by atoms with E-state index >= 15 is 0 Å². The average molecular weight is 395 g/mol. The van der Waals surface area contributed by atoms with Gasteiger partial charge in [0.25, 0.3) is 5.91 Å². The summed E-state index contributed by atoms with van der Waals surface area (Å²) in [6.45, 7) is 7.74. The van der Waals surface area contributed by atoms with Crippen LogP contribution in [0.3, 0.4) is 0 Å². The minimum atomic E-state index is 0.0954. The van der Waals surface area contributed by atoms with Crippen molar-refractivity contribution in [3.05, 3.63) is 58.1 Å². The summed E-state index contributed by atoms with van der Waals surface area (Å²) in [5.41, 5.74) is 5.52. The van der Waals surface area contributed by atoms with Crippen LogP contribution in [0.2, 0.25) is 0 Å². The first kappa shape index (κ1) is 19.1. The molecule has 2 atom stereocenters. The quantitative estimate of drug-likeness (QED) is 0.703. The number of benzene rings is 2. The fourth-order valence-corrected chi connectivity index (χ4v) is 5.56. The van der Waals surface area contributed by atoms with Gasteiger partial charge in [0.2, 0.25) is 0 Å². The molecule has 1 aromatic heterocycles. The number of likely N-dealkylation sites (tertiary alicyclic amines) is 1. The molecule has 0 spiro atoms. The lowest BCUT2D eigenvalue weighted by Crippen LogP contribution is -3.14. The van der Waals surface area contributed by atoms with E-state index in [1.807, 2.05) is 6.07 Å². The summed E-state index contributed by atoms with van der Waals surface area (Å²) in [5, 5.41) is 4.35. The highest BCUT2D eigenvalue weighted by Gasteiger charge is 2.32. The highest BCUT2D eigenvalue weighted by Crippen LogP contribution is 2.28. The number of nitrogens with zero attached hydrogens (tertiary/aromatic N) is 1. The molecule has 4 nitrogen and oxygen atoms in total. The van der Waals surface area contributed by atoms with Crippen LogP contribution in [0.1, 0.15) is 47.0 Å². The number of anilines is 1. The van der Waals surface area contributed by atoms with Gasteiger partial charge in [0.1, 0.15) is 6.04 Å². The molecule has 2 heterocycles. The van der Waals surface area contributed by atoms with Gasteiger partial charge < -0.3 is 10.2 Å². The largest absolute Gasteiger partial charge is 0.321 e. The highest BCUT2D eigenvalue weighted by molar-refractivity contribution is 7.18. The van der Waals surface area contributed by atoms with E-state index in [9.17, 15) is 4.79 Å². The van der Waals surface area contributed by atoms with Crippen molar-refractivity contribution in [2.24, 2.45) is 0 Å². The van der Waals surface area contributed by atoms with Crippen LogP contribution in [0.4, 0.5) is 5.69 Å². The number of piperidine rings is 1. The normalized spacial score (nSPS) is 19.7. The Morgan fingerprint density at radius 2 is 1.93 bits per heavy atom. The maximum absolute atomic E-state index is 12.9. The Balaban J connectivity index is 1.51. The molecule has 0 aliphatic carbocycles. The number of carbonyl (C=O) groups excluding carboxylic acids is 1. The molecular formula is C23H28N3OS+. The zero-order valence-corrected chi connectivity index (χ0v) is 17.7. The number of carbonyl (C=O) groups is 1. The molecule has 1 aliphatic heterocycles. The van der Waals surface area contributed by atoms with Gasteiger partial charge in [-0.3, -0.25) is 4.79 Å². The maximum Gasteiger partial charge on any atom is 0.279 e. The Kier molecular flexibility index (Phi) is 5.47. The van der Waals surface area contributed by atoms with Crippen LogP contribution in [0.5, 0.6) is 0 Å². The number of quaternary nitrogens is 1. The van der Waals surface area contributed by atoms with Gasteiger partial charge in [0.15, 0.2) is 11.6 Å². The Labute approximate surface area is 170 Å². The number of thiazole rings is 1. The first-order valence-electron chi connectivity index (χ1n) is 10.1. The molecule has 1 unspecified atom stereocenters. The molecule has 5 heteroatoms. The van der Waals surface area contributed by atoms with Gasteiger partial charge in [0, 0.05) is 12.1 Å². The van der Waals surface area contributed by atoms with E-state index in [4.69, 9.17) is 4.98 Å². The maximum atomic E-state index is 12.9. The number of hydrogen-bond donors (Lipinski definition) is 2. The number of hydrogen-bond acceptors (Lipinski definition) is 3. The number of aryl methyl sites for hydroxylation is 3. The molecule has 1 aliphatic rings. The second-order valence-electron chi connectivity index (χ2n) is 7.98. The van der Waals surface area contributed by atoms with Crippen LogP contribution in [0.15, 0.2) is 36.4 Å². The van der Waals surface area contributed by atoms with Crippen LogP contribution in [-0.2, 0) is 4.79 Å². The zero-order valence-electron chi connectivity index (χ0n) is 16.8. The Morgan fingerprint density at radius 3 is 2.68 bits per heavy atom. The fraction of sp³-hybridized carbons (Fsp3) is 0.391. The molecule has 3 aromatic rings. The van der Waals surface area contributed by atoms with E-state index in [2.05, 4.69) is 56.4 Å². The van der Waals surface area contributed by atoms with Crippen LogP contribution in [0, 0.1) is 20.8 Å². The molecule has 2 N–H and O–H groups in total. The lowest BCUT2D eigenvalue weighted by atomic mass is 10.0. The molecule has 0 saturated carbocycles. The molecule has 4 rings (SSSR count). The van der Waals surface area contributed by atoms with Crippen molar-refractivity contribution in [1.82, 2.24) is 4.98 Å². The number of aromatic nitrogens is 1. The third-order valence-corrected chi connectivity index (χ3v) is 6.82. The van der Waals surface area contributed by atoms with E-state index < -0.39 is 0 Å². The molecule has 0 radical (unpaired) electrons. The lowest BCUT2D eigenvalue weighted by Gasteiger charge is -2.30. The zero-order chi connectivity index (χ0) is 19.7. The van der Waals surface area contributed by atoms with E-state index in [1.54, 1.807) is 11.3 Å². The monoisotopic (exact) mass is 394 g/mol. The van der Waals surface area contributed by atoms with Crippen molar-refractivity contribution in [2.75, 3.05) is 18.4 Å². The Morgan fingerprint density at radius 1 is 1.18 bits per heavy atom. The summed E-state index contributed by atoms with van der Waals surface area (Å²) in [5.74, 6) is 0.0954. The molecule has 1 amide bonds. The van der Waals surface area contributed by atoms with Gasteiger partial charge in [-0.05, 0) is 56.9 Å². The van der Waals surface area contributed by atoms with Crippen molar-refractivity contribution in [1.29, 1.82) is 0 Å². The van der Waals surface area contributed by atoms with E-state index in [1.165, 1.54) is 33.0 Å². The minimum Gasteiger partial charge on any atom is -0.321 e. The third kappa shape index (κ3) is 3.96. The highest BCUT2D eigenvalue weighted by atomic mass is 32.1. The van der Waals surface area contributed by atoms with Gasteiger partial charge in [-0.2, -0.15) is 0 Å². The second-order valence-corrected chi connectivity index (χ2v) is 9.04. The first-order valence-corrected chi connectivity index (χ1v) is 10.9. The SMILES string of the molecule is Cc1cc(C)c(NC(=O)C[NH+]2CCCC[C@H]2c2nc3ccccc3s2)c(C)c1. The standard InChI is InChI=1S/C23H27N3OS/c1-15-12-16(2)22(17(3)13-15)25-21(27)14-26-11-7-6-9-19(26)23-24-18-8-4-5-10-20(18)28-23/h4-5,8,10,12-13,19H,6-7,9,11,14H2,1-3H3,(H,25,27)/p+1/t19-/m0/s1. The van der Waals surface area contributed by atoms with Crippen molar-refractivity contribution in [3.63, 3.8) is 0 Å². The van der Waals surface area contributed by atoms with Crippen LogP contribution >= 0.6 is 11.3 Å². The predicted octanol–water partition coefficient (Wildman–Crippen LogP) is 3.97. The van der Waals surface area contributed by atoms with Gasteiger partial charge >= 0.3 is 0 Å². The Hall–Kier alpha value is -2.24. The number of rotatable bonds is 4. The topological polar surface area (TPSA) is 46.4 Å². The molecule has 146 valence electrons. The number of nitrogens with one attached hydrogen (secondary N) is 2. The number of fused-ring (bicyclic) bond motifs is 1. The average Bonchev–Trinajstić information content (AvgIpc) is 3.09. The smallest absolute Gasteiger partial charge is 0.279 e. The molecule has 1 fully saturated rings.